The number of thiol groups is 1. The van der Waals surface area contributed by atoms with Crippen molar-refractivity contribution in [2.24, 2.45) is 0 Å². The summed E-state index contributed by atoms with van der Waals surface area (Å²) in [7, 11) is 0. The van der Waals surface area contributed by atoms with E-state index in [2.05, 4.69) is 43.8 Å². The van der Waals surface area contributed by atoms with E-state index >= 15 is 0 Å². The van der Waals surface area contributed by atoms with Crippen molar-refractivity contribution in [3.8, 4) is 0 Å². The number of hydrogen-bond donors (Lipinski definition) is 1. The van der Waals surface area contributed by atoms with Crippen LogP contribution >= 0.6 is 24.4 Å². The molecule has 0 saturated carbocycles. The van der Waals surface area contributed by atoms with E-state index in [1.807, 2.05) is 11.8 Å². The first kappa shape index (κ1) is 12.0. The molecule has 0 saturated heterocycles. The summed E-state index contributed by atoms with van der Waals surface area (Å²) in [5, 5.41) is 0. The standard InChI is InChI=1S/C12H18S2/c1-11-6-2-3-7-12(11)10-14-9-5-4-8-13/h2-3,6-7,13H,4-5,8-10H2,1H3. The fourth-order valence-electron chi connectivity index (χ4n) is 1.27. The summed E-state index contributed by atoms with van der Waals surface area (Å²) in [5.41, 5.74) is 2.89. The van der Waals surface area contributed by atoms with Gasteiger partial charge in [0, 0.05) is 5.75 Å². The van der Waals surface area contributed by atoms with Crippen LogP contribution in [0.2, 0.25) is 0 Å². The third-order valence-electron chi connectivity index (χ3n) is 2.22. The molecule has 1 aromatic carbocycles. The molecular formula is C12H18S2. The Kier molecular flexibility index (Phi) is 6.20. The molecule has 0 spiro atoms. The smallest absolute Gasteiger partial charge is 0.0187 e. The van der Waals surface area contributed by atoms with Crippen molar-refractivity contribution in [3.05, 3.63) is 35.4 Å². The Labute approximate surface area is 96.9 Å². The summed E-state index contributed by atoms with van der Waals surface area (Å²) in [6, 6.07) is 8.63. The van der Waals surface area contributed by atoms with Crippen molar-refractivity contribution < 1.29 is 0 Å². The normalized spacial score (nSPS) is 10.4. The van der Waals surface area contributed by atoms with Crippen LogP contribution in [0.1, 0.15) is 24.0 Å². The minimum Gasteiger partial charge on any atom is -0.179 e. The molecular weight excluding hydrogens is 208 g/mol. The van der Waals surface area contributed by atoms with Gasteiger partial charge in [-0.3, -0.25) is 0 Å². The maximum atomic E-state index is 4.20. The number of rotatable bonds is 6. The Morgan fingerprint density at radius 1 is 1.21 bits per heavy atom. The van der Waals surface area contributed by atoms with Crippen molar-refractivity contribution in [2.45, 2.75) is 25.5 Å². The molecule has 78 valence electrons. The quantitative estimate of drug-likeness (QED) is 0.566. The molecule has 0 radical (unpaired) electrons. The molecule has 0 aliphatic heterocycles. The fraction of sp³-hybridized carbons (Fsp3) is 0.500. The Morgan fingerprint density at radius 3 is 2.71 bits per heavy atom. The molecule has 1 aromatic rings. The third kappa shape index (κ3) is 4.43. The average molecular weight is 226 g/mol. The van der Waals surface area contributed by atoms with Crippen molar-refractivity contribution in [1.82, 2.24) is 0 Å². The summed E-state index contributed by atoms with van der Waals surface area (Å²) >= 11 is 6.23. The monoisotopic (exact) mass is 226 g/mol. The van der Waals surface area contributed by atoms with Crippen LogP contribution in [0.15, 0.2) is 24.3 Å². The van der Waals surface area contributed by atoms with Gasteiger partial charge in [0.25, 0.3) is 0 Å². The minimum atomic E-state index is 1.02. The van der Waals surface area contributed by atoms with Crippen LogP contribution in [0, 0.1) is 6.92 Å². The number of benzene rings is 1. The summed E-state index contributed by atoms with van der Waals surface area (Å²) in [6.45, 7) is 2.18. The number of thioether (sulfide) groups is 1. The molecule has 0 amide bonds. The highest BCUT2D eigenvalue weighted by atomic mass is 32.2. The Hall–Kier alpha value is -0.0800. The zero-order valence-corrected chi connectivity index (χ0v) is 10.4. The van der Waals surface area contributed by atoms with E-state index < -0.39 is 0 Å². The fourth-order valence-corrected chi connectivity index (χ4v) is 2.59. The van der Waals surface area contributed by atoms with E-state index in [4.69, 9.17) is 0 Å². The second-order valence-electron chi connectivity index (χ2n) is 3.41. The van der Waals surface area contributed by atoms with E-state index in [1.165, 1.54) is 29.7 Å². The van der Waals surface area contributed by atoms with Gasteiger partial charge in [-0.2, -0.15) is 24.4 Å². The van der Waals surface area contributed by atoms with Gasteiger partial charge in [-0.25, -0.2) is 0 Å². The minimum absolute atomic E-state index is 1.02. The molecule has 14 heavy (non-hydrogen) atoms. The van der Waals surface area contributed by atoms with E-state index in [0.29, 0.717) is 0 Å². The molecule has 0 aromatic heterocycles. The number of aryl methyl sites for hydroxylation is 1. The molecule has 0 fully saturated rings. The van der Waals surface area contributed by atoms with Gasteiger partial charge >= 0.3 is 0 Å². The lowest BCUT2D eigenvalue weighted by molar-refractivity contribution is 0.909. The lowest BCUT2D eigenvalue weighted by atomic mass is 10.1. The second-order valence-corrected chi connectivity index (χ2v) is 4.96. The molecule has 2 heteroatoms. The summed E-state index contributed by atoms with van der Waals surface area (Å²) in [4.78, 5) is 0. The van der Waals surface area contributed by atoms with Gasteiger partial charge in [-0.1, -0.05) is 24.3 Å². The molecule has 0 bridgehead atoms. The number of hydrogen-bond acceptors (Lipinski definition) is 2. The van der Waals surface area contributed by atoms with Gasteiger partial charge in [0.2, 0.25) is 0 Å². The molecule has 0 unspecified atom stereocenters. The first-order valence-electron chi connectivity index (χ1n) is 5.07. The van der Waals surface area contributed by atoms with E-state index in [1.54, 1.807) is 0 Å². The lowest BCUT2D eigenvalue weighted by Crippen LogP contribution is -1.87. The Balaban J connectivity index is 2.21. The third-order valence-corrected chi connectivity index (χ3v) is 3.62. The van der Waals surface area contributed by atoms with Crippen LogP contribution in [0.5, 0.6) is 0 Å². The molecule has 0 N–H and O–H groups in total. The highest BCUT2D eigenvalue weighted by Gasteiger charge is 1.96. The topological polar surface area (TPSA) is 0 Å². The second kappa shape index (κ2) is 7.24. The van der Waals surface area contributed by atoms with Crippen molar-refractivity contribution >= 4 is 24.4 Å². The summed E-state index contributed by atoms with van der Waals surface area (Å²) in [6.07, 6.45) is 2.53. The van der Waals surface area contributed by atoms with Gasteiger partial charge in [0.05, 0.1) is 0 Å². The number of unbranched alkanes of at least 4 members (excludes halogenated alkanes) is 1. The van der Waals surface area contributed by atoms with Crippen LogP contribution in [0.25, 0.3) is 0 Å². The molecule has 0 atom stereocenters. The van der Waals surface area contributed by atoms with Gasteiger partial charge < -0.3 is 0 Å². The van der Waals surface area contributed by atoms with Gasteiger partial charge in [0.15, 0.2) is 0 Å². The zero-order valence-electron chi connectivity index (χ0n) is 8.70. The van der Waals surface area contributed by atoms with E-state index in [0.717, 1.165) is 11.5 Å². The van der Waals surface area contributed by atoms with Crippen molar-refractivity contribution in [2.75, 3.05) is 11.5 Å². The highest BCUT2D eigenvalue weighted by molar-refractivity contribution is 7.98. The summed E-state index contributed by atoms with van der Waals surface area (Å²) in [5.74, 6) is 3.43. The predicted molar refractivity (Wildman–Crippen MR) is 70.4 cm³/mol. The maximum Gasteiger partial charge on any atom is 0.0187 e. The van der Waals surface area contributed by atoms with Crippen molar-refractivity contribution in [3.63, 3.8) is 0 Å². The lowest BCUT2D eigenvalue weighted by Gasteiger charge is -2.04. The van der Waals surface area contributed by atoms with E-state index in [-0.39, 0.29) is 0 Å². The SMILES string of the molecule is Cc1ccccc1CSCCCCS. The molecule has 0 aliphatic carbocycles. The van der Waals surface area contributed by atoms with Crippen LogP contribution in [0.4, 0.5) is 0 Å². The van der Waals surface area contributed by atoms with Gasteiger partial charge in [-0.05, 0) is 42.4 Å². The van der Waals surface area contributed by atoms with Crippen LogP contribution in [-0.2, 0) is 5.75 Å². The van der Waals surface area contributed by atoms with Crippen LogP contribution in [-0.4, -0.2) is 11.5 Å². The van der Waals surface area contributed by atoms with E-state index in [9.17, 15) is 0 Å². The maximum absolute atomic E-state index is 4.20. The largest absolute Gasteiger partial charge is 0.179 e. The Bertz CT molecular complexity index is 258. The zero-order chi connectivity index (χ0) is 10.2. The summed E-state index contributed by atoms with van der Waals surface area (Å²) < 4.78 is 0. The molecule has 1 rings (SSSR count). The average Bonchev–Trinajstić information content (AvgIpc) is 2.20. The first-order chi connectivity index (χ1) is 6.84. The molecule has 0 nitrogen and oxygen atoms in total. The van der Waals surface area contributed by atoms with Crippen LogP contribution in [0.3, 0.4) is 0 Å². The van der Waals surface area contributed by atoms with Crippen LogP contribution < -0.4 is 0 Å². The molecule has 0 aliphatic rings. The van der Waals surface area contributed by atoms with Gasteiger partial charge in [0.1, 0.15) is 0 Å². The first-order valence-corrected chi connectivity index (χ1v) is 6.86. The van der Waals surface area contributed by atoms with Crippen molar-refractivity contribution in [1.29, 1.82) is 0 Å². The Morgan fingerprint density at radius 2 is 2.00 bits per heavy atom. The van der Waals surface area contributed by atoms with Gasteiger partial charge in [-0.15, -0.1) is 0 Å². The molecule has 0 heterocycles. The predicted octanol–water partition coefficient (Wildman–Crippen LogP) is 3.94. The highest BCUT2D eigenvalue weighted by Crippen LogP contribution is 2.16.